The Balaban J connectivity index is 1.38. The number of rotatable bonds is 5. The number of carbonyl (C=O) groups is 1. The first kappa shape index (κ1) is 20.6. The lowest BCUT2D eigenvalue weighted by atomic mass is 10.1. The van der Waals surface area contributed by atoms with Crippen molar-refractivity contribution in [3.8, 4) is 11.5 Å². The molecule has 0 bridgehead atoms. The fourth-order valence-electron chi connectivity index (χ4n) is 3.59. The highest BCUT2D eigenvalue weighted by atomic mass is 32.2. The zero-order valence-corrected chi connectivity index (χ0v) is 17.9. The number of nitrogens with zero attached hydrogens (tertiary/aromatic N) is 3. The van der Waals surface area contributed by atoms with Crippen LogP contribution in [0.5, 0.6) is 11.5 Å². The molecule has 9 heteroatoms. The highest BCUT2D eigenvalue weighted by molar-refractivity contribution is 7.89. The van der Waals surface area contributed by atoms with Crippen molar-refractivity contribution in [1.29, 1.82) is 0 Å². The lowest BCUT2D eigenvalue weighted by Crippen LogP contribution is -2.48. The van der Waals surface area contributed by atoms with E-state index in [4.69, 9.17) is 9.47 Å². The fourth-order valence-corrected chi connectivity index (χ4v) is 4.54. The maximum atomic E-state index is 12.9. The second-order valence-corrected chi connectivity index (χ2v) is 9.72. The van der Waals surface area contributed by atoms with Crippen molar-refractivity contribution in [3.05, 3.63) is 53.6 Å². The molecule has 0 aromatic heterocycles. The summed E-state index contributed by atoms with van der Waals surface area (Å²) < 4.78 is 36.6. The van der Waals surface area contributed by atoms with Gasteiger partial charge in [0.1, 0.15) is 0 Å². The molecule has 30 heavy (non-hydrogen) atoms. The Hall–Kier alpha value is -2.62. The molecule has 1 fully saturated rings. The van der Waals surface area contributed by atoms with Crippen LogP contribution in [0.1, 0.15) is 15.9 Å². The van der Waals surface area contributed by atoms with Crippen LogP contribution >= 0.6 is 0 Å². The van der Waals surface area contributed by atoms with Gasteiger partial charge in [-0.05, 0) is 35.9 Å². The van der Waals surface area contributed by atoms with Crippen LogP contribution in [0.4, 0.5) is 0 Å². The number of hydrogen-bond acceptors (Lipinski definition) is 6. The van der Waals surface area contributed by atoms with Crippen molar-refractivity contribution in [2.45, 2.75) is 11.4 Å². The molecular weight excluding hydrogens is 406 g/mol. The lowest BCUT2D eigenvalue weighted by molar-refractivity contribution is 0.0628. The van der Waals surface area contributed by atoms with Crippen molar-refractivity contribution in [1.82, 2.24) is 14.1 Å². The summed E-state index contributed by atoms with van der Waals surface area (Å²) in [6.45, 7) is 3.71. The molecule has 160 valence electrons. The Morgan fingerprint density at radius 2 is 1.73 bits per heavy atom. The largest absolute Gasteiger partial charge is 0.454 e. The van der Waals surface area contributed by atoms with Crippen molar-refractivity contribution >= 4 is 15.9 Å². The van der Waals surface area contributed by atoms with Gasteiger partial charge in [0.15, 0.2) is 11.5 Å². The van der Waals surface area contributed by atoms with Gasteiger partial charge in [0, 0.05) is 52.4 Å². The summed E-state index contributed by atoms with van der Waals surface area (Å²) in [6.07, 6.45) is 0. The van der Waals surface area contributed by atoms with Gasteiger partial charge >= 0.3 is 0 Å². The summed E-state index contributed by atoms with van der Waals surface area (Å²) in [7, 11) is -0.625. The van der Waals surface area contributed by atoms with Gasteiger partial charge in [-0.25, -0.2) is 12.7 Å². The number of amides is 1. The average Bonchev–Trinajstić information content (AvgIpc) is 3.21. The summed E-state index contributed by atoms with van der Waals surface area (Å²) in [5, 5.41) is 0. The highest BCUT2D eigenvalue weighted by Gasteiger charge is 2.25. The first-order chi connectivity index (χ1) is 14.3. The molecule has 4 rings (SSSR count). The summed E-state index contributed by atoms with van der Waals surface area (Å²) in [6, 6.07) is 12.2. The van der Waals surface area contributed by atoms with E-state index in [9.17, 15) is 13.2 Å². The smallest absolute Gasteiger partial charge is 0.253 e. The molecule has 2 aromatic rings. The topological polar surface area (TPSA) is 79.4 Å². The van der Waals surface area contributed by atoms with E-state index in [-0.39, 0.29) is 17.6 Å². The van der Waals surface area contributed by atoms with E-state index in [0.29, 0.717) is 18.7 Å². The normalized spacial score (nSPS) is 16.8. The lowest BCUT2D eigenvalue weighted by Gasteiger charge is -2.35. The van der Waals surface area contributed by atoms with Gasteiger partial charge in [0.25, 0.3) is 5.91 Å². The molecule has 2 aromatic carbocycles. The molecule has 2 aliphatic heterocycles. The van der Waals surface area contributed by atoms with Crippen LogP contribution in [0.2, 0.25) is 0 Å². The summed E-state index contributed by atoms with van der Waals surface area (Å²) in [5.74, 6) is 1.40. The molecule has 0 aliphatic carbocycles. The second-order valence-electron chi connectivity index (χ2n) is 7.57. The molecule has 0 unspecified atom stereocenters. The van der Waals surface area contributed by atoms with E-state index < -0.39 is 10.0 Å². The third-order valence-corrected chi connectivity index (χ3v) is 7.17. The van der Waals surface area contributed by atoms with Crippen LogP contribution < -0.4 is 9.47 Å². The first-order valence-electron chi connectivity index (χ1n) is 9.77. The van der Waals surface area contributed by atoms with Crippen LogP contribution in [0.15, 0.2) is 47.4 Å². The van der Waals surface area contributed by atoms with Crippen LogP contribution in [-0.2, 0) is 16.6 Å². The molecule has 8 nitrogen and oxygen atoms in total. The van der Waals surface area contributed by atoms with Crippen molar-refractivity contribution in [3.63, 3.8) is 0 Å². The quantitative estimate of drug-likeness (QED) is 0.716. The van der Waals surface area contributed by atoms with Crippen LogP contribution in [0, 0.1) is 0 Å². The molecule has 1 saturated heterocycles. The molecule has 0 N–H and O–H groups in total. The van der Waals surface area contributed by atoms with Crippen molar-refractivity contribution in [2.75, 3.05) is 47.1 Å². The van der Waals surface area contributed by atoms with Crippen molar-refractivity contribution in [2.24, 2.45) is 0 Å². The van der Waals surface area contributed by atoms with E-state index >= 15 is 0 Å². The monoisotopic (exact) mass is 431 g/mol. The maximum absolute atomic E-state index is 12.9. The molecule has 1 amide bonds. The molecule has 0 atom stereocenters. The Kier molecular flexibility index (Phi) is 5.68. The minimum absolute atomic E-state index is 0.125. The average molecular weight is 432 g/mol. The van der Waals surface area contributed by atoms with Gasteiger partial charge in [0.05, 0.1) is 4.90 Å². The Bertz CT molecular complexity index is 1050. The highest BCUT2D eigenvalue weighted by Crippen LogP contribution is 2.32. The van der Waals surface area contributed by atoms with Crippen LogP contribution in [0.25, 0.3) is 0 Å². The van der Waals surface area contributed by atoms with Crippen LogP contribution in [0.3, 0.4) is 0 Å². The maximum Gasteiger partial charge on any atom is 0.253 e. The molecule has 0 saturated carbocycles. The van der Waals surface area contributed by atoms with Gasteiger partial charge in [-0.2, -0.15) is 0 Å². The number of sulfonamides is 1. The summed E-state index contributed by atoms with van der Waals surface area (Å²) >= 11 is 0. The predicted molar refractivity (Wildman–Crippen MR) is 111 cm³/mol. The number of piperazine rings is 1. The van der Waals surface area contributed by atoms with Gasteiger partial charge in [-0.3, -0.25) is 9.69 Å². The van der Waals surface area contributed by atoms with Gasteiger partial charge in [-0.1, -0.05) is 12.1 Å². The SMILES string of the molecule is CN(C)S(=O)(=O)c1cccc(C(=O)N2CCN(Cc3ccc4c(c3)OCO4)CC2)c1. The standard InChI is InChI=1S/C21H25N3O5S/c1-22(2)30(26,27)18-5-3-4-17(13-18)21(25)24-10-8-23(9-11-24)14-16-6-7-19-20(12-16)29-15-28-19/h3-7,12-13H,8-11,14-15H2,1-2H3. The third kappa shape index (κ3) is 4.14. The van der Waals surface area contributed by atoms with Gasteiger partial charge < -0.3 is 14.4 Å². The van der Waals surface area contributed by atoms with E-state index in [2.05, 4.69) is 4.90 Å². The number of ether oxygens (including phenoxy) is 2. The first-order valence-corrected chi connectivity index (χ1v) is 11.2. The molecule has 0 radical (unpaired) electrons. The summed E-state index contributed by atoms with van der Waals surface area (Å²) in [4.78, 5) is 17.1. The van der Waals surface area contributed by atoms with Gasteiger partial charge in [0.2, 0.25) is 16.8 Å². The zero-order chi connectivity index (χ0) is 21.3. The fraction of sp³-hybridized carbons (Fsp3) is 0.381. The number of fused-ring (bicyclic) bond motifs is 1. The van der Waals surface area contributed by atoms with Crippen molar-refractivity contribution < 1.29 is 22.7 Å². The third-order valence-electron chi connectivity index (χ3n) is 5.36. The molecule has 0 spiro atoms. The molecule has 2 heterocycles. The number of hydrogen-bond donors (Lipinski definition) is 0. The summed E-state index contributed by atoms with van der Waals surface area (Å²) in [5.41, 5.74) is 1.53. The van der Waals surface area contributed by atoms with E-state index in [1.807, 2.05) is 18.2 Å². The number of carbonyl (C=O) groups excluding carboxylic acids is 1. The Morgan fingerprint density at radius 3 is 2.47 bits per heavy atom. The van der Waals surface area contributed by atoms with E-state index in [0.717, 1.165) is 41.0 Å². The van der Waals surface area contributed by atoms with Crippen LogP contribution in [-0.4, -0.2) is 75.5 Å². The second kappa shape index (κ2) is 8.25. The Morgan fingerprint density at radius 1 is 1.00 bits per heavy atom. The van der Waals surface area contributed by atoms with E-state index in [1.165, 1.54) is 26.2 Å². The zero-order valence-electron chi connectivity index (χ0n) is 17.1. The Labute approximate surface area is 176 Å². The van der Waals surface area contributed by atoms with E-state index in [1.54, 1.807) is 17.0 Å². The molecular formula is C21H25N3O5S. The molecule has 2 aliphatic rings. The minimum atomic E-state index is -3.58. The van der Waals surface area contributed by atoms with Gasteiger partial charge in [-0.15, -0.1) is 0 Å². The number of benzene rings is 2. The predicted octanol–water partition coefficient (Wildman–Crippen LogP) is 1.62. The minimum Gasteiger partial charge on any atom is -0.454 e.